The molecule has 15 heavy (non-hydrogen) atoms. The highest BCUT2D eigenvalue weighted by molar-refractivity contribution is 5.55. The van der Waals surface area contributed by atoms with E-state index in [9.17, 15) is 13.2 Å². The minimum atomic E-state index is -1.83. The van der Waals surface area contributed by atoms with Crippen molar-refractivity contribution in [3.05, 3.63) is 28.6 Å². The predicted octanol–water partition coefficient (Wildman–Crippen LogP) is 1.86. The van der Waals surface area contributed by atoms with Gasteiger partial charge in [0.25, 0.3) is 0 Å². The molecule has 0 saturated heterocycles. The fourth-order valence-electron chi connectivity index (χ4n) is 1.04. The Balaban J connectivity index is 3.79. The number of benzene rings is 1. The standard InChI is InChI=1S/C9H3F3N2O/c1-15-9-5(3-14)4(2-13)6(10)7(11)8(9)12/h1H3. The minimum Gasteiger partial charge on any atom is -0.492 e. The molecule has 3 nitrogen and oxygen atoms in total. The monoisotopic (exact) mass is 212 g/mol. The van der Waals surface area contributed by atoms with Crippen LogP contribution in [-0.2, 0) is 0 Å². The van der Waals surface area contributed by atoms with Crippen molar-refractivity contribution in [2.75, 3.05) is 7.11 Å². The van der Waals surface area contributed by atoms with E-state index >= 15 is 0 Å². The van der Waals surface area contributed by atoms with Gasteiger partial charge >= 0.3 is 0 Å². The van der Waals surface area contributed by atoms with Crippen molar-refractivity contribution in [2.24, 2.45) is 0 Å². The summed E-state index contributed by atoms with van der Waals surface area (Å²) in [4.78, 5) is 0. The molecule has 0 atom stereocenters. The van der Waals surface area contributed by atoms with Crippen molar-refractivity contribution >= 4 is 0 Å². The number of nitrogens with zero attached hydrogens (tertiary/aromatic N) is 2. The number of hydrogen-bond donors (Lipinski definition) is 0. The molecule has 1 aromatic rings. The zero-order valence-electron chi connectivity index (χ0n) is 7.44. The molecule has 0 unspecified atom stereocenters. The normalized spacial score (nSPS) is 9.20. The van der Waals surface area contributed by atoms with Crippen molar-refractivity contribution in [1.29, 1.82) is 10.5 Å². The lowest BCUT2D eigenvalue weighted by molar-refractivity contribution is 0.358. The molecular formula is C9H3F3N2O. The highest BCUT2D eigenvalue weighted by Crippen LogP contribution is 2.30. The van der Waals surface area contributed by atoms with Crippen LogP contribution in [0.25, 0.3) is 0 Å². The summed E-state index contributed by atoms with van der Waals surface area (Å²) in [5, 5.41) is 17.0. The Morgan fingerprint density at radius 1 is 0.933 bits per heavy atom. The summed E-state index contributed by atoms with van der Waals surface area (Å²) < 4.78 is 43.3. The second-order valence-electron chi connectivity index (χ2n) is 2.45. The lowest BCUT2D eigenvalue weighted by atomic mass is 10.1. The van der Waals surface area contributed by atoms with E-state index in [1.54, 1.807) is 0 Å². The van der Waals surface area contributed by atoms with E-state index in [-0.39, 0.29) is 0 Å². The largest absolute Gasteiger partial charge is 0.492 e. The van der Waals surface area contributed by atoms with Crippen molar-refractivity contribution in [3.8, 4) is 17.9 Å². The van der Waals surface area contributed by atoms with Gasteiger partial charge in [0, 0.05) is 0 Å². The average molecular weight is 212 g/mol. The van der Waals surface area contributed by atoms with E-state index in [0.29, 0.717) is 0 Å². The second-order valence-corrected chi connectivity index (χ2v) is 2.45. The third-order valence-corrected chi connectivity index (χ3v) is 1.71. The Hall–Kier alpha value is -2.21. The van der Waals surface area contributed by atoms with E-state index in [0.717, 1.165) is 7.11 Å². The molecule has 0 aromatic heterocycles. The molecule has 1 rings (SSSR count). The fourth-order valence-corrected chi connectivity index (χ4v) is 1.04. The molecule has 0 radical (unpaired) electrons. The molecule has 6 heteroatoms. The van der Waals surface area contributed by atoms with Crippen LogP contribution < -0.4 is 4.74 Å². The first-order chi connectivity index (χ1) is 7.08. The van der Waals surface area contributed by atoms with E-state index in [1.807, 2.05) is 0 Å². The molecule has 0 aliphatic heterocycles. The molecule has 0 aliphatic carbocycles. The number of ether oxygens (including phenoxy) is 1. The second kappa shape index (κ2) is 3.89. The van der Waals surface area contributed by atoms with Crippen LogP contribution in [-0.4, -0.2) is 7.11 Å². The van der Waals surface area contributed by atoms with Crippen LogP contribution in [0.1, 0.15) is 11.1 Å². The van der Waals surface area contributed by atoms with Gasteiger partial charge in [-0.3, -0.25) is 0 Å². The maximum Gasteiger partial charge on any atom is 0.205 e. The third kappa shape index (κ3) is 1.46. The van der Waals surface area contributed by atoms with Crippen LogP contribution >= 0.6 is 0 Å². The molecule has 0 N–H and O–H groups in total. The van der Waals surface area contributed by atoms with Gasteiger partial charge in [-0.1, -0.05) is 0 Å². The molecule has 76 valence electrons. The first-order valence-electron chi connectivity index (χ1n) is 3.63. The zero-order valence-corrected chi connectivity index (χ0v) is 7.44. The van der Waals surface area contributed by atoms with Gasteiger partial charge in [-0.2, -0.15) is 14.9 Å². The van der Waals surface area contributed by atoms with E-state index < -0.39 is 34.3 Å². The topological polar surface area (TPSA) is 56.8 Å². The summed E-state index contributed by atoms with van der Waals surface area (Å²) >= 11 is 0. The summed E-state index contributed by atoms with van der Waals surface area (Å²) in [5.74, 6) is -5.91. The summed E-state index contributed by atoms with van der Waals surface area (Å²) in [7, 11) is 0.984. The Kier molecular flexibility index (Phi) is 2.82. The Bertz CT molecular complexity index is 500. The quantitative estimate of drug-likeness (QED) is 0.667. The van der Waals surface area contributed by atoms with Crippen molar-refractivity contribution < 1.29 is 17.9 Å². The van der Waals surface area contributed by atoms with Crippen LogP contribution in [0.15, 0.2) is 0 Å². The molecule has 0 bridgehead atoms. The van der Waals surface area contributed by atoms with Gasteiger partial charge in [0.1, 0.15) is 23.3 Å². The average Bonchev–Trinajstić information content (AvgIpc) is 2.25. The van der Waals surface area contributed by atoms with Gasteiger partial charge in [0.2, 0.25) is 5.82 Å². The van der Waals surface area contributed by atoms with Crippen molar-refractivity contribution in [3.63, 3.8) is 0 Å². The van der Waals surface area contributed by atoms with Gasteiger partial charge in [-0.15, -0.1) is 0 Å². The number of hydrogen-bond acceptors (Lipinski definition) is 3. The molecular weight excluding hydrogens is 209 g/mol. The van der Waals surface area contributed by atoms with E-state index in [1.165, 1.54) is 12.1 Å². The van der Waals surface area contributed by atoms with Crippen LogP contribution in [0.4, 0.5) is 13.2 Å². The Morgan fingerprint density at radius 2 is 1.47 bits per heavy atom. The molecule has 0 aliphatic rings. The minimum absolute atomic E-state index is 0.656. The van der Waals surface area contributed by atoms with Crippen LogP contribution in [0.5, 0.6) is 5.75 Å². The SMILES string of the molecule is COc1c(F)c(F)c(F)c(C#N)c1C#N. The van der Waals surface area contributed by atoms with Gasteiger partial charge in [-0.25, -0.2) is 8.78 Å². The summed E-state index contributed by atoms with van der Waals surface area (Å²) in [6.45, 7) is 0. The van der Waals surface area contributed by atoms with Crippen molar-refractivity contribution in [1.82, 2.24) is 0 Å². The number of nitriles is 2. The van der Waals surface area contributed by atoms with E-state index in [4.69, 9.17) is 10.5 Å². The number of rotatable bonds is 1. The van der Waals surface area contributed by atoms with Crippen molar-refractivity contribution in [2.45, 2.75) is 0 Å². The number of methoxy groups -OCH3 is 1. The lowest BCUT2D eigenvalue weighted by Crippen LogP contribution is -2.03. The van der Waals surface area contributed by atoms with Crippen LogP contribution in [0.2, 0.25) is 0 Å². The third-order valence-electron chi connectivity index (χ3n) is 1.71. The smallest absolute Gasteiger partial charge is 0.205 e. The molecule has 0 spiro atoms. The molecule has 0 saturated carbocycles. The van der Waals surface area contributed by atoms with Gasteiger partial charge < -0.3 is 4.74 Å². The molecule has 0 amide bonds. The van der Waals surface area contributed by atoms with Gasteiger partial charge in [0.05, 0.1) is 7.11 Å². The first kappa shape index (κ1) is 10.9. The summed E-state index contributed by atoms with van der Waals surface area (Å²) in [6.07, 6.45) is 0. The number of halogens is 3. The summed E-state index contributed by atoms with van der Waals surface area (Å²) in [6, 6.07) is 2.65. The lowest BCUT2D eigenvalue weighted by Gasteiger charge is -2.07. The summed E-state index contributed by atoms with van der Waals surface area (Å²) in [5.41, 5.74) is -1.52. The molecule has 0 heterocycles. The fraction of sp³-hybridized carbons (Fsp3) is 0.111. The maximum absolute atomic E-state index is 13.0. The Labute approximate surface area is 82.9 Å². The van der Waals surface area contributed by atoms with Crippen LogP contribution in [0.3, 0.4) is 0 Å². The Morgan fingerprint density at radius 3 is 1.87 bits per heavy atom. The highest BCUT2D eigenvalue weighted by atomic mass is 19.2. The molecule has 0 fully saturated rings. The van der Waals surface area contributed by atoms with Crippen LogP contribution in [0, 0.1) is 40.1 Å². The predicted molar refractivity (Wildman–Crippen MR) is 42.3 cm³/mol. The first-order valence-corrected chi connectivity index (χ1v) is 3.63. The maximum atomic E-state index is 13.0. The van der Waals surface area contributed by atoms with E-state index in [2.05, 4.69) is 4.74 Å². The highest BCUT2D eigenvalue weighted by Gasteiger charge is 2.25. The zero-order chi connectivity index (χ0) is 11.6. The van der Waals surface area contributed by atoms with Gasteiger partial charge in [-0.05, 0) is 0 Å². The van der Waals surface area contributed by atoms with Gasteiger partial charge in [0.15, 0.2) is 17.4 Å². The molecule has 1 aromatic carbocycles.